The minimum absolute atomic E-state index is 0. The monoisotopic (exact) mass is 451 g/mol. The quantitative estimate of drug-likeness (QED) is 0.409. The summed E-state index contributed by atoms with van der Waals surface area (Å²) in [5.41, 5.74) is 1.26. The molecule has 0 amide bonds. The predicted octanol–water partition coefficient (Wildman–Crippen LogP) is 2.15. The second kappa shape index (κ2) is 9.46. The van der Waals surface area contributed by atoms with Gasteiger partial charge in [-0.05, 0) is 18.9 Å². The Hall–Kier alpha value is -0.830. The summed E-state index contributed by atoms with van der Waals surface area (Å²) in [6.45, 7) is 5.56. The maximum absolute atomic E-state index is 11.5. The van der Waals surface area contributed by atoms with Crippen molar-refractivity contribution in [2.24, 2.45) is 4.99 Å². The normalized spacial score (nSPS) is 21.3. The van der Waals surface area contributed by atoms with E-state index in [-0.39, 0.29) is 41.5 Å². The van der Waals surface area contributed by atoms with E-state index in [1.165, 1.54) is 5.56 Å². The van der Waals surface area contributed by atoms with Crippen molar-refractivity contribution in [2.45, 2.75) is 32.2 Å². The zero-order valence-corrected chi connectivity index (χ0v) is 16.8. The standard InChI is InChI=1S/C16H25N3O2S.HI/c1-3-17-16(19-15-9-10-22(20,21)12-15)18-11-13(2)14-7-5-4-6-8-14;/h4-8,13,15H,3,9-12H2,1-2H3,(H2,17,18,19);1H. The molecule has 2 unspecified atom stereocenters. The maximum Gasteiger partial charge on any atom is 0.191 e. The van der Waals surface area contributed by atoms with Crippen molar-refractivity contribution in [2.75, 3.05) is 24.6 Å². The van der Waals surface area contributed by atoms with Crippen molar-refractivity contribution >= 4 is 39.8 Å². The lowest BCUT2D eigenvalue weighted by Gasteiger charge is -2.17. The zero-order valence-electron chi connectivity index (χ0n) is 13.7. The highest BCUT2D eigenvalue weighted by atomic mass is 127. The van der Waals surface area contributed by atoms with Gasteiger partial charge >= 0.3 is 0 Å². The number of benzene rings is 1. The molecule has 2 atom stereocenters. The molecule has 1 aliphatic rings. The molecule has 1 fully saturated rings. The molecule has 0 radical (unpaired) electrons. The number of rotatable bonds is 5. The third-order valence-corrected chi connectivity index (χ3v) is 5.58. The molecule has 0 bridgehead atoms. The molecule has 23 heavy (non-hydrogen) atoms. The lowest BCUT2D eigenvalue weighted by Crippen LogP contribution is -2.44. The van der Waals surface area contributed by atoms with Crippen LogP contribution in [0.15, 0.2) is 35.3 Å². The first-order valence-corrected chi connectivity index (χ1v) is 9.62. The average molecular weight is 451 g/mol. The molecule has 0 aromatic heterocycles. The molecule has 2 N–H and O–H groups in total. The predicted molar refractivity (Wildman–Crippen MR) is 106 cm³/mol. The van der Waals surface area contributed by atoms with Gasteiger partial charge in [0.2, 0.25) is 0 Å². The van der Waals surface area contributed by atoms with Gasteiger partial charge in [0.1, 0.15) is 0 Å². The minimum atomic E-state index is -2.88. The smallest absolute Gasteiger partial charge is 0.191 e. The van der Waals surface area contributed by atoms with Gasteiger partial charge in [0.05, 0.1) is 11.5 Å². The number of nitrogens with one attached hydrogen (secondary N) is 2. The number of nitrogens with zero attached hydrogens (tertiary/aromatic N) is 1. The fourth-order valence-corrected chi connectivity index (χ4v) is 4.21. The van der Waals surface area contributed by atoms with Crippen molar-refractivity contribution in [3.05, 3.63) is 35.9 Å². The van der Waals surface area contributed by atoms with Crippen molar-refractivity contribution in [3.63, 3.8) is 0 Å². The van der Waals surface area contributed by atoms with Gasteiger partial charge in [-0.1, -0.05) is 37.3 Å². The summed E-state index contributed by atoms with van der Waals surface area (Å²) >= 11 is 0. The lowest BCUT2D eigenvalue weighted by molar-refractivity contribution is 0.599. The Morgan fingerprint density at radius 3 is 2.61 bits per heavy atom. The Bertz CT molecular complexity index is 605. The van der Waals surface area contributed by atoms with Crippen LogP contribution in [-0.2, 0) is 9.84 Å². The Labute approximate surface area is 156 Å². The van der Waals surface area contributed by atoms with Crippen LogP contribution in [0.25, 0.3) is 0 Å². The molecule has 130 valence electrons. The largest absolute Gasteiger partial charge is 0.357 e. The summed E-state index contributed by atoms with van der Waals surface area (Å²) < 4.78 is 23.1. The summed E-state index contributed by atoms with van der Waals surface area (Å²) in [4.78, 5) is 4.60. The van der Waals surface area contributed by atoms with Gasteiger partial charge in [-0.3, -0.25) is 4.99 Å². The topological polar surface area (TPSA) is 70.6 Å². The second-order valence-corrected chi connectivity index (χ2v) is 8.00. The number of halogens is 1. The average Bonchev–Trinajstić information content (AvgIpc) is 2.84. The second-order valence-electron chi connectivity index (χ2n) is 5.78. The fraction of sp³-hybridized carbons (Fsp3) is 0.562. The van der Waals surface area contributed by atoms with Gasteiger partial charge in [-0.2, -0.15) is 0 Å². The lowest BCUT2D eigenvalue weighted by atomic mass is 10.0. The highest BCUT2D eigenvalue weighted by molar-refractivity contribution is 14.0. The highest BCUT2D eigenvalue weighted by Crippen LogP contribution is 2.15. The van der Waals surface area contributed by atoms with Crippen molar-refractivity contribution < 1.29 is 8.42 Å². The molecule has 0 aliphatic carbocycles. The molecule has 0 spiro atoms. The number of hydrogen-bond acceptors (Lipinski definition) is 3. The molecule has 0 saturated carbocycles. The number of guanidine groups is 1. The zero-order chi connectivity index (χ0) is 16.0. The van der Waals surface area contributed by atoms with E-state index >= 15 is 0 Å². The minimum Gasteiger partial charge on any atom is -0.357 e. The molecule has 1 aromatic rings. The molecule has 1 aliphatic heterocycles. The van der Waals surface area contributed by atoms with Crippen LogP contribution in [0.3, 0.4) is 0 Å². The number of aliphatic imine (C=N–C) groups is 1. The van der Waals surface area contributed by atoms with Crippen LogP contribution >= 0.6 is 24.0 Å². The first-order valence-electron chi connectivity index (χ1n) is 7.80. The third-order valence-electron chi connectivity index (χ3n) is 3.81. The molecule has 7 heteroatoms. The molecular formula is C16H26IN3O2S. The van der Waals surface area contributed by atoms with Crippen LogP contribution in [0.4, 0.5) is 0 Å². The number of hydrogen-bond donors (Lipinski definition) is 2. The van der Waals surface area contributed by atoms with Gasteiger partial charge in [0.25, 0.3) is 0 Å². The van der Waals surface area contributed by atoms with Crippen LogP contribution in [0, 0.1) is 0 Å². The van der Waals surface area contributed by atoms with Gasteiger partial charge < -0.3 is 10.6 Å². The Morgan fingerprint density at radius 1 is 1.35 bits per heavy atom. The van der Waals surface area contributed by atoms with Gasteiger partial charge in [-0.15, -0.1) is 24.0 Å². The van der Waals surface area contributed by atoms with Gasteiger partial charge in [0.15, 0.2) is 15.8 Å². The molecule has 5 nitrogen and oxygen atoms in total. The first kappa shape index (κ1) is 20.2. The molecule has 2 rings (SSSR count). The Morgan fingerprint density at radius 2 is 2.04 bits per heavy atom. The van der Waals surface area contributed by atoms with Gasteiger partial charge in [0, 0.05) is 25.0 Å². The van der Waals surface area contributed by atoms with Gasteiger partial charge in [-0.25, -0.2) is 8.42 Å². The Kier molecular flexibility index (Phi) is 8.32. The van der Waals surface area contributed by atoms with E-state index in [4.69, 9.17) is 0 Å². The van der Waals surface area contributed by atoms with E-state index in [2.05, 4.69) is 34.7 Å². The SMILES string of the molecule is CCNC(=NCC(C)c1ccccc1)NC1CCS(=O)(=O)C1.I. The van der Waals surface area contributed by atoms with E-state index in [1.54, 1.807) is 0 Å². The Balaban J connectivity index is 0.00000264. The maximum atomic E-state index is 11.5. The van der Waals surface area contributed by atoms with Crippen molar-refractivity contribution in [3.8, 4) is 0 Å². The first-order chi connectivity index (χ1) is 10.5. The summed E-state index contributed by atoms with van der Waals surface area (Å²) in [7, 11) is -2.88. The summed E-state index contributed by atoms with van der Waals surface area (Å²) in [6, 6.07) is 10.2. The van der Waals surface area contributed by atoms with Crippen LogP contribution in [0.2, 0.25) is 0 Å². The summed E-state index contributed by atoms with van der Waals surface area (Å²) in [5, 5.41) is 6.43. The van der Waals surface area contributed by atoms with E-state index < -0.39 is 9.84 Å². The molecular weight excluding hydrogens is 425 g/mol. The van der Waals surface area contributed by atoms with Crippen LogP contribution < -0.4 is 10.6 Å². The fourth-order valence-electron chi connectivity index (χ4n) is 2.54. The molecule has 1 heterocycles. The van der Waals surface area contributed by atoms with E-state index in [9.17, 15) is 8.42 Å². The number of sulfone groups is 1. The summed E-state index contributed by atoms with van der Waals surface area (Å²) in [6.07, 6.45) is 0.654. The van der Waals surface area contributed by atoms with Crippen LogP contribution in [0.5, 0.6) is 0 Å². The van der Waals surface area contributed by atoms with E-state index in [0.717, 1.165) is 6.54 Å². The summed E-state index contributed by atoms with van der Waals surface area (Å²) in [5.74, 6) is 1.49. The highest BCUT2D eigenvalue weighted by Gasteiger charge is 2.28. The van der Waals surface area contributed by atoms with Crippen molar-refractivity contribution in [1.82, 2.24) is 10.6 Å². The van der Waals surface area contributed by atoms with Crippen molar-refractivity contribution in [1.29, 1.82) is 0 Å². The van der Waals surface area contributed by atoms with E-state index in [0.29, 0.717) is 24.8 Å². The third kappa shape index (κ3) is 6.66. The van der Waals surface area contributed by atoms with Crippen LogP contribution in [-0.4, -0.2) is 45.0 Å². The molecule has 1 aromatic carbocycles. The van der Waals surface area contributed by atoms with Crippen LogP contribution in [0.1, 0.15) is 31.7 Å². The molecule has 1 saturated heterocycles. The van der Waals surface area contributed by atoms with E-state index in [1.807, 2.05) is 25.1 Å².